The van der Waals surface area contributed by atoms with Gasteiger partial charge in [0, 0.05) is 43.6 Å². The van der Waals surface area contributed by atoms with E-state index >= 15 is 4.39 Å². The summed E-state index contributed by atoms with van der Waals surface area (Å²) < 4.78 is 29.3. The van der Waals surface area contributed by atoms with E-state index in [-0.39, 0.29) is 17.7 Å². The number of pyridine rings is 1. The first-order chi connectivity index (χ1) is 19.9. The first kappa shape index (κ1) is 26.1. The summed E-state index contributed by atoms with van der Waals surface area (Å²) in [5.41, 5.74) is 3.07. The van der Waals surface area contributed by atoms with Gasteiger partial charge >= 0.3 is 0 Å². The Labute approximate surface area is 234 Å². The van der Waals surface area contributed by atoms with Gasteiger partial charge in [-0.15, -0.1) is 0 Å². The molecule has 208 valence electrons. The van der Waals surface area contributed by atoms with Crippen molar-refractivity contribution in [3.8, 4) is 17.4 Å². The summed E-state index contributed by atoms with van der Waals surface area (Å²) >= 11 is 0. The number of hydrogen-bond acceptors (Lipinski definition) is 9. The van der Waals surface area contributed by atoms with Gasteiger partial charge in [-0.05, 0) is 38.1 Å². The molecule has 0 atom stereocenters. The standard InChI is InChI=1S/C29H27FN8O3/c1-4-26(39)37-11-9-19(10-12-37)41-25-8-6-22-28(36-25)29(33-16-32-22)35-21-5-7-23(18(3)27(21)30)40-20-13-24-31-14-17(2)38(24)34-15-20/h4-8,13-16,19H,1,9-12H2,2-3H3,(H,32,33,35). The molecule has 1 aliphatic rings. The number of hydrogen-bond donors (Lipinski definition) is 1. The van der Waals surface area contributed by atoms with Crippen molar-refractivity contribution in [1.29, 1.82) is 0 Å². The van der Waals surface area contributed by atoms with Crippen LogP contribution in [0.4, 0.5) is 15.9 Å². The van der Waals surface area contributed by atoms with Crippen LogP contribution < -0.4 is 14.8 Å². The van der Waals surface area contributed by atoms with Crippen molar-refractivity contribution in [3.05, 3.63) is 78.8 Å². The second-order valence-electron chi connectivity index (χ2n) is 9.72. The van der Waals surface area contributed by atoms with Crippen molar-refractivity contribution in [2.75, 3.05) is 18.4 Å². The van der Waals surface area contributed by atoms with Crippen LogP contribution in [0.3, 0.4) is 0 Å². The Kier molecular flexibility index (Phi) is 6.88. The number of benzene rings is 1. The van der Waals surface area contributed by atoms with Crippen molar-refractivity contribution in [3.63, 3.8) is 0 Å². The summed E-state index contributed by atoms with van der Waals surface area (Å²) in [5.74, 6) is 0.969. The number of anilines is 2. The predicted octanol–water partition coefficient (Wildman–Crippen LogP) is 4.92. The summed E-state index contributed by atoms with van der Waals surface area (Å²) in [7, 11) is 0. The van der Waals surface area contributed by atoms with Crippen molar-refractivity contribution in [1.82, 2.24) is 34.4 Å². The minimum Gasteiger partial charge on any atom is -0.474 e. The molecular formula is C29H27FN8O3. The summed E-state index contributed by atoms with van der Waals surface area (Å²) in [6.45, 7) is 8.26. The minimum absolute atomic E-state index is 0.0786. The van der Waals surface area contributed by atoms with E-state index in [0.29, 0.717) is 71.4 Å². The average Bonchev–Trinajstić information content (AvgIpc) is 3.36. The van der Waals surface area contributed by atoms with Crippen LogP contribution in [0.15, 0.2) is 61.7 Å². The van der Waals surface area contributed by atoms with Crippen LogP contribution in [-0.2, 0) is 4.79 Å². The number of likely N-dealkylation sites (tertiary alicyclic amines) is 1. The Hall–Kier alpha value is -5.13. The highest BCUT2D eigenvalue weighted by molar-refractivity contribution is 5.88. The molecule has 0 radical (unpaired) electrons. The highest BCUT2D eigenvalue weighted by atomic mass is 19.1. The molecule has 5 aromatic rings. The molecule has 0 bridgehead atoms. The Balaban J connectivity index is 1.20. The van der Waals surface area contributed by atoms with Gasteiger partial charge in [-0.25, -0.2) is 28.8 Å². The summed E-state index contributed by atoms with van der Waals surface area (Å²) in [6, 6.07) is 8.53. The third-order valence-corrected chi connectivity index (χ3v) is 7.00. The molecule has 5 heterocycles. The van der Waals surface area contributed by atoms with Crippen molar-refractivity contribution in [2.45, 2.75) is 32.8 Å². The number of fused-ring (bicyclic) bond motifs is 2. The number of aromatic nitrogens is 6. The Morgan fingerprint density at radius 1 is 1.12 bits per heavy atom. The van der Waals surface area contributed by atoms with Crippen molar-refractivity contribution >= 4 is 34.1 Å². The molecule has 1 N–H and O–H groups in total. The fraction of sp³-hybridized carbons (Fsp3) is 0.241. The molecule has 0 unspecified atom stereocenters. The van der Waals surface area contributed by atoms with Crippen LogP contribution >= 0.6 is 0 Å². The molecular weight excluding hydrogens is 527 g/mol. The molecule has 4 aromatic heterocycles. The number of nitrogens with zero attached hydrogens (tertiary/aromatic N) is 7. The number of carbonyl (C=O) groups is 1. The highest BCUT2D eigenvalue weighted by Gasteiger charge is 2.23. The van der Waals surface area contributed by atoms with Crippen LogP contribution in [0.2, 0.25) is 0 Å². The smallest absolute Gasteiger partial charge is 0.245 e. The van der Waals surface area contributed by atoms with Crippen LogP contribution in [0.25, 0.3) is 16.7 Å². The van der Waals surface area contributed by atoms with Gasteiger partial charge in [0.2, 0.25) is 11.8 Å². The van der Waals surface area contributed by atoms with Gasteiger partial charge in [0.05, 0.1) is 29.3 Å². The molecule has 1 fully saturated rings. The van der Waals surface area contributed by atoms with Gasteiger partial charge in [-0.2, -0.15) is 5.10 Å². The largest absolute Gasteiger partial charge is 0.474 e. The molecule has 41 heavy (non-hydrogen) atoms. The van der Waals surface area contributed by atoms with Crippen LogP contribution in [-0.4, -0.2) is 59.6 Å². The molecule has 6 rings (SSSR count). The lowest BCUT2D eigenvalue weighted by atomic mass is 10.1. The lowest BCUT2D eigenvalue weighted by molar-refractivity contribution is -0.127. The average molecular weight is 555 g/mol. The van der Waals surface area contributed by atoms with Gasteiger partial charge in [-0.1, -0.05) is 6.58 Å². The molecule has 0 spiro atoms. The number of halogens is 1. The summed E-state index contributed by atoms with van der Waals surface area (Å²) in [5, 5.41) is 7.37. The highest BCUT2D eigenvalue weighted by Crippen LogP contribution is 2.33. The second-order valence-corrected chi connectivity index (χ2v) is 9.72. The Morgan fingerprint density at radius 2 is 1.95 bits per heavy atom. The first-order valence-corrected chi connectivity index (χ1v) is 13.1. The fourth-order valence-corrected chi connectivity index (χ4v) is 4.74. The monoisotopic (exact) mass is 554 g/mol. The molecule has 0 saturated carbocycles. The van der Waals surface area contributed by atoms with E-state index < -0.39 is 5.82 Å². The summed E-state index contributed by atoms with van der Waals surface area (Å²) in [4.78, 5) is 31.1. The quantitative estimate of drug-likeness (QED) is 0.280. The van der Waals surface area contributed by atoms with E-state index in [2.05, 4.69) is 36.9 Å². The molecule has 1 saturated heterocycles. The van der Waals surface area contributed by atoms with E-state index in [4.69, 9.17) is 9.47 Å². The molecule has 1 aliphatic heterocycles. The maximum Gasteiger partial charge on any atom is 0.245 e. The maximum absolute atomic E-state index is 15.5. The normalized spacial score (nSPS) is 13.9. The minimum atomic E-state index is -0.492. The lowest BCUT2D eigenvalue weighted by Gasteiger charge is -2.31. The van der Waals surface area contributed by atoms with E-state index in [9.17, 15) is 4.79 Å². The number of rotatable bonds is 7. The molecule has 1 amide bonds. The maximum atomic E-state index is 15.5. The fourth-order valence-electron chi connectivity index (χ4n) is 4.74. The Bertz CT molecular complexity index is 1780. The number of aryl methyl sites for hydroxylation is 1. The number of ether oxygens (including phenoxy) is 2. The SMILES string of the molecule is C=CC(=O)N1CCC(Oc2ccc3ncnc(Nc4ccc(Oc5cnn6c(C)cnc6c5)c(C)c4F)c3n2)CC1. The zero-order valence-corrected chi connectivity index (χ0v) is 22.5. The number of piperidine rings is 1. The Morgan fingerprint density at radius 3 is 2.76 bits per heavy atom. The number of carbonyl (C=O) groups excluding carboxylic acids is 1. The molecule has 12 heteroatoms. The molecule has 0 aliphatic carbocycles. The van der Waals surface area contributed by atoms with Gasteiger partial charge in [-0.3, -0.25) is 4.79 Å². The number of nitrogens with one attached hydrogen (secondary N) is 1. The van der Waals surface area contributed by atoms with Crippen LogP contribution in [0.1, 0.15) is 24.1 Å². The predicted molar refractivity (Wildman–Crippen MR) is 150 cm³/mol. The molecule has 11 nitrogen and oxygen atoms in total. The van der Waals surface area contributed by atoms with E-state index in [1.807, 2.05) is 6.92 Å². The van der Waals surface area contributed by atoms with Gasteiger partial charge in [0.1, 0.15) is 23.7 Å². The van der Waals surface area contributed by atoms with E-state index in [1.165, 1.54) is 12.4 Å². The topological polar surface area (TPSA) is 120 Å². The lowest BCUT2D eigenvalue weighted by Crippen LogP contribution is -2.41. The van der Waals surface area contributed by atoms with E-state index in [0.717, 1.165) is 5.69 Å². The third kappa shape index (κ3) is 5.23. The van der Waals surface area contributed by atoms with Gasteiger partial charge < -0.3 is 19.7 Å². The van der Waals surface area contributed by atoms with Crippen molar-refractivity contribution in [2.24, 2.45) is 0 Å². The van der Waals surface area contributed by atoms with E-state index in [1.54, 1.807) is 59.1 Å². The van der Waals surface area contributed by atoms with Gasteiger partial charge in [0.25, 0.3) is 0 Å². The molecule has 1 aromatic carbocycles. The third-order valence-electron chi connectivity index (χ3n) is 7.00. The zero-order chi connectivity index (χ0) is 28.5. The number of amides is 1. The van der Waals surface area contributed by atoms with Crippen molar-refractivity contribution < 1.29 is 18.7 Å². The first-order valence-electron chi connectivity index (χ1n) is 13.1. The van der Waals surface area contributed by atoms with Crippen LogP contribution in [0.5, 0.6) is 17.4 Å². The van der Waals surface area contributed by atoms with Crippen LogP contribution in [0, 0.1) is 19.7 Å². The zero-order valence-electron chi connectivity index (χ0n) is 22.5. The number of imidazole rings is 1. The van der Waals surface area contributed by atoms with Gasteiger partial charge in [0.15, 0.2) is 23.0 Å². The second kappa shape index (κ2) is 10.8. The summed E-state index contributed by atoms with van der Waals surface area (Å²) in [6.07, 6.45) is 7.27.